The number of hydrogen-bond donors (Lipinski definition) is 0. The van der Waals surface area contributed by atoms with Crippen molar-refractivity contribution < 1.29 is 14.0 Å². The summed E-state index contributed by atoms with van der Waals surface area (Å²) >= 11 is 1.27. The maximum Gasteiger partial charge on any atom is 0.272 e. The number of carbonyl (C=O) groups excluding carboxylic acids is 2. The van der Waals surface area contributed by atoms with Crippen LogP contribution in [0.2, 0.25) is 0 Å². The molecule has 0 spiro atoms. The van der Waals surface area contributed by atoms with E-state index in [2.05, 4.69) is 10.1 Å². The molecule has 3 rings (SSSR count). The van der Waals surface area contributed by atoms with E-state index in [0.717, 1.165) is 11.3 Å². The van der Waals surface area contributed by atoms with Gasteiger partial charge in [-0.1, -0.05) is 32.5 Å². The van der Waals surface area contributed by atoms with E-state index >= 15 is 0 Å². The summed E-state index contributed by atoms with van der Waals surface area (Å²) in [5, 5.41) is 4.83. The largest absolute Gasteiger partial charge is 0.336 e. The highest BCUT2D eigenvalue weighted by Gasteiger charge is 2.25. The molecule has 0 unspecified atom stereocenters. The predicted octanol–water partition coefficient (Wildman–Crippen LogP) is 4.03. The number of benzene rings is 1. The SMILES string of the molecule is Cc1nn(C)cc1CN(C)C(=O)c1cnc(SCC(=O)C(C)(C)C)n1-c1ccc(F)cc1. The molecular formula is C23H28FN5O2S. The number of carbonyl (C=O) groups is 2. The zero-order chi connectivity index (χ0) is 23.6. The molecule has 0 radical (unpaired) electrons. The Bertz CT molecular complexity index is 1130. The van der Waals surface area contributed by atoms with Gasteiger partial charge in [0.15, 0.2) is 5.16 Å². The first kappa shape index (κ1) is 23.7. The Morgan fingerprint density at radius 2 is 1.84 bits per heavy atom. The zero-order valence-electron chi connectivity index (χ0n) is 19.2. The molecule has 32 heavy (non-hydrogen) atoms. The highest BCUT2D eigenvalue weighted by Crippen LogP contribution is 2.27. The molecule has 0 bridgehead atoms. The molecule has 0 saturated carbocycles. The van der Waals surface area contributed by atoms with E-state index in [4.69, 9.17) is 0 Å². The van der Waals surface area contributed by atoms with E-state index in [1.54, 1.807) is 33.3 Å². The number of nitrogens with zero attached hydrogens (tertiary/aromatic N) is 5. The standard InChI is InChI=1S/C23H28FN5O2S/c1-15-16(13-28(6)26-15)12-27(5)21(31)19-11-25-22(32-14-20(30)23(2,3)4)29(19)18-9-7-17(24)8-10-18/h7-11,13H,12,14H2,1-6H3. The first-order chi connectivity index (χ1) is 15.0. The summed E-state index contributed by atoms with van der Waals surface area (Å²) in [7, 11) is 3.55. The van der Waals surface area contributed by atoms with Crippen molar-refractivity contribution in [3.05, 3.63) is 59.4 Å². The molecule has 9 heteroatoms. The van der Waals surface area contributed by atoms with Crippen molar-refractivity contribution in [3.8, 4) is 5.69 Å². The fourth-order valence-electron chi connectivity index (χ4n) is 3.10. The Balaban J connectivity index is 1.93. The van der Waals surface area contributed by atoms with E-state index in [-0.39, 0.29) is 23.3 Å². The van der Waals surface area contributed by atoms with E-state index in [9.17, 15) is 14.0 Å². The van der Waals surface area contributed by atoms with Crippen molar-refractivity contribution in [1.29, 1.82) is 0 Å². The van der Waals surface area contributed by atoms with E-state index < -0.39 is 5.41 Å². The molecule has 2 aromatic heterocycles. The highest BCUT2D eigenvalue weighted by atomic mass is 32.2. The molecule has 0 aliphatic carbocycles. The number of halogens is 1. The van der Waals surface area contributed by atoms with Gasteiger partial charge in [0.05, 0.1) is 17.6 Å². The van der Waals surface area contributed by atoms with Crippen LogP contribution in [0, 0.1) is 18.2 Å². The van der Waals surface area contributed by atoms with Gasteiger partial charge in [-0.2, -0.15) is 5.10 Å². The van der Waals surface area contributed by atoms with Crippen LogP contribution in [0.5, 0.6) is 0 Å². The van der Waals surface area contributed by atoms with Crippen molar-refractivity contribution in [2.75, 3.05) is 12.8 Å². The predicted molar refractivity (Wildman–Crippen MR) is 122 cm³/mol. The van der Waals surface area contributed by atoms with Gasteiger partial charge < -0.3 is 4.90 Å². The number of aromatic nitrogens is 4. The number of hydrogen-bond acceptors (Lipinski definition) is 5. The van der Waals surface area contributed by atoms with Crippen molar-refractivity contribution in [2.24, 2.45) is 12.5 Å². The smallest absolute Gasteiger partial charge is 0.272 e. The summed E-state index contributed by atoms with van der Waals surface area (Å²) in [6, 6.07) is 5.85. The topological polar surface area (TPSA) is 73.0 Å². The molecular weight excluding hydrogens is 429 g/mol. The fourth-order valence-corrected chi connectivity index (χ4v) is 4.25. The van der Waals surface area contributed by atoms with Crippen LogP contribution in [0.25, 0.3) is 5.69 Å². The van der Waals surface area contributed by atoms with Gasteiger partial charge in [-0.25, -0.2) is 9.37 Å². The van der Waals surface area contributed by atoms with E-state index in [1.807, 2.05) is 40.9 Å². The normalized spacial score (nSPS) is 11.6. The van der Waals surface area contributed by atoms with Crippen molar-refractivity contribution in [2.45, 2.75) is 39.4 Å². The lowest BCUT2D eigenvalue weighted by Crippen LogP contribution is -2.28. The van der Waals surface area contributed by atoms with Crippen molar-refractivity contribution in [3.63, 3.8) is 0 Å². The maximum absolute atomic E-state index is 13.5. The average molecular weight is 458 g/mol. The van der Waals surface area contributed by atoms with Crippen LogP contribution in [-0.4, -0.2) is 48.7 Å². The maximum atomic E-state index is 13.5. The molecule has 0 N–H and O–H groups in total. The van der Waals surface area contributed by atoms with Gasteiger partial charge in [-0.05, 0) is 31.2 Å². The highest BCUT2D eigenvalue weighted by molar-refractivity contribution is 7.99. The third-order valence-corrected chi connectivity index (χ3v) is 6.02. The lowest BCUT2D eigenvalue weighted by atomic mass is 9.92. The van der Waals surface area contributed by atoms with Crippen molar-refractivity contribution >= 4 is 23.5 Å². The molecule has 3 aromatic rings. The molecule has 1 amide bonds. The summed E-state index contributed by atoms with van der Waals surface area (Å²) in [5.41, 5.74) is 2.27. The molecule has 0 fully saturated rings. The number of Topliss-reactive ketones (excluding diaryl/α,β-unsaturated/α-hetero) is 1. The molecule has 0 aliphatic rings. The molecule has 1 aromatic carbocycles. The minimum absolute atomic E-state index is 0.0770. The average Bonchev–Trinajstić information content (AvgIpc) is 3.27. The van der Waals surface area contributed by atoms with Gasteiger partial charge >= 0.3 is 0 Å². The van der Waals surface area contributed by atoms with Crippen LogP contribution < -0.4 is 0 Å². The van der Waals surface area contributed by atoms with Gasteiger partial charge in [-0.15, -0.1) is 0 Å². The Hall–Kier alpha value is -2.94. The van der Waals surface area contributed by atoms with E-state index in [1.165, 1.54) is 30.1 Å². The summed E-state index contributed by atoms with van der Waals surface area (Å²) in [4.78, 5) is 31.8. The summed E-state index contributed by atoms with van der Waals surface area (Å²) in [6.45, 7) is 7.89. The lowest BCUT2D eigenvalue weighted by molar-refractivity contribution is -0.123. The van der Waals surface area contributed by atoms with E-state index in [0.29, 0.717) is 23.1 Å². The number of rotatable bonds is 7. The number of amides is 1. The van der Waals surface area contributed by atoms with Crippen LogP contribution >= 0.6 is 11.8 Å². The monoisotopic (exact) mass is 457 g/mol. The van der Waals surface area contributed by atoms with Gasteiger partial charge in [0.25, 0.3) is 5.91 Å². The summed E-state index contributed by atoms with van der Waals surface area (Å²) in [5.74, 6) is -0.310. The Morgan fingerprint density at radius 3 is 2.41 bits per heavy atom. The van der Waals surface area contributed by atoms with Gasteiger partial charge in [0.1, 0.15) is 17.3 Å². The second-order valence-corrected chi connectivity index (χ2v) is 9.72. The molecule has 7 nitrogen and oxygen atoms in total. The second kappa shape index (κ2) is 9.28. The first-order valence-electron chi connectivity index (χ1n) is 10.2. The Morgan fingerprint density at radius 1 is 1.19 bits per heavy atom. The van der Waals surface area contributed by atoms with Crippen LogP contribution in [-0.2, 0) is 18.4 Å². The molecule has 2 heterocycles. The Kier molecular flexibility index (Phi) is 6.88. The van der Waals surface area contributed by atoms with Gasteiger partial charge in [0.2, 0.25) is 0 Å². The Labute approximate surface area is 191 Å². The minimum Gasteiger partial charge on any atom is -0.336 e. The lowest BCUT2D eigenvalue weighted by Gasteiger charge is -2.19. The van der Waals surface area contributed by atoms with Crippen LogP contribution in [0.3, 0.4) is 0 Å². The van der Waals surface area contributed by atoms with Gasteiger partial charge in [0, 0.05) is 43.5 Å². The zero-order valence-corrected chi connectivity index (χ0v) is 20.0. The minimum atomic E-state index is -0.471. The molecule has 0 aliphatic heterocycles. The third-order valence-electron chi connectivity index (χ3n) is 5.07. The second-order valence-electron chi connectivity index (χ2n) is 8.77. The summed E-state index contributed by atoms with van der Waals surface area (Å²) in [6.07, 6.45) is 3.39. The van der Waals surface area contributed by atoms with Crippen LogP contribution in [0.4, 0.5) is 4.39 Å². The van der Waals surface area contributed by atoms with Crippen molar-refractivity contribution in [1.82, 2.24) is 24.2 Å². The number of thioether (sulfide) groups is 1. The van der Waals surface area contributed by atoms with Crippen LogP contribution in [0.1, 0.15) is 42.5 Å². The number of ketones is 1. The molecule has 0 saturated heterocycles. The quantitative estimate of drug-likeness (QED) is 0.501. The fraction of sp³-hybridized carbons (Fsp3) is 0.391. The molecule has 170 valence electrons. The number of aryl methyl sites for hydroxylation is 2. The molecule has 0 atom stereocenters. The number of imidazole rings is 1. The third kappa shape index (κ3) is 5.27. The van der Waals surface area contributed by atoms with Gasteiger partial charge in [-0.3, -0.25) is 18.8 Å². The van der Waals surface area contributed by atoms with Crippen LogP contribution in [0.15, 0.2) is 41.8 Å². The summed E-state index contributed by atoms with van der Waals surface area (Å²) < 4.78 is 16.9. The first-order valence-corrected chi connectivity index (χ1v) is 11.2.